The van der Waals surface area contributed by atoms with Gasteiger partial charge in [0, 0.05) is 5.02 Å². The summed E-state index contributed by atoms with van der Waals surface area (Å²) in [5.41, 5.74) is 0. The number of hydrogen-bond acceptors (Lipinski definition) is 2. The van der Waals surface area contributed by atoms with Crippen molar-refractivity contribution in [3.05, 3.63) is 29.3 Å². The molecule has 20 heavy (non-hydrogen) atoms. The number of carbonyl (C=O) groups is 1. The van der Waals surface area contributed by atoms with Crippen LogP contribution in [0.4, 0.5) is 0 Å². The van der Waals surface area contributed by atoms with E-state index in [1.54, 1.807) is 29.2 Å². The van der Waals surface area contributed by atoms with Crippen LogP contribution in [0.15, 0.2) is 24.3 Å². The van der Waals surface area contributed by atoms with Crippen molar-refractivity contribution in [2.75, 3.05) is 32.8 Å². The Kier molecular flexibility index (Phi) is 6.15. The maximum absolute atomic E-state index is 11.7. The van der Waals surface area contributed by atoms with Crippen LogP contribution in [-0.2, 0) is 4.79 Å². The molecule has 1 heterocycles. The average Bonchev–Trinajstić information content (AvgIpc) is 2.48. The van der Waals surface area contributed by atoms with E-state index in [2.05, 4.69) is 5.32 Å². The summed E-state index contributed by atoms with van der Waals surface area (Å²) in [7, 11) is 0. The highest BCUT2D eigenvalue weighted by Crippen LogP contribution is 2.15. The molecule has 0 saturated carbocycles. The van der Waals surface area contributed by atoms with Crippen molar-refractivity contribution in [3.63, 3.8) is 0 Å². The number of halogens is 1. The summed E-state index contributed by atoms with van der Waals surface area (Å²) >= 11 is 5.78. The number of quaternary nitrogens is 1. The van der Waals surface area contributed by atoms with Crippen molar-refractivity contribution in [2.45, 2.75) is 19.3 Å². The molecular weight excluding hydrogens is 276 g/mol. The molecule has 0 aliphatic carbocycles. The Morgan fingerprint density at radius 3 is 2.60 bits per heavy atom. The van der Waals surface area contributed by atoms with E-state index in [9.17, 15) is 4.79 Å². The van der Waals surface area contributed by atoms with Gasteiger partial charge in [0.2, 0.25) is 0 Å². The molecule has 0 atom stereocenters. The molecular formula is C15H22ClN2O2+. The van der Waals surface area contributed by atoms with E-state index in [1.807, 2.05) is 0 Å². The van der Waals surface area contributed by atoms with Crippen LogP contribution < -0.4 is 15.0 Å². The predicted octanol–water partition coefficient (Wildman–Crippen LogP) is 0.904. The predicted molar refractivity (Wildman–Crippen MR) is 79.4 cm³/mol. The lowest BCUT2D eigenvalue weighted by Gasteiger charge is -2.23. The van der Waals surface area contributed by atoms with E-state index in [4.69, 9.17) is 16.3 Å². The Balaban J connectivity index is 1.59. The van der Waals surface area contributed by atoms with Gasteiger partial charge in [0.05, 0.1) is 26.2 Å². The van der Waals surface area contributed by atoms with E-state index in [-0.39, 0.29) is 12.5 Å². The summed E-state index contributed by atoms with van der Waals surface area (Å²) in [5.74, 6) is 0.586. The highest BCUT2D eigenvalue weighted by atomic mass is 35.5. The zero-order valence-corrected chi connectivity index (χ0v) is 12.4. The SMILES string of the molecule is O=C(COc1ccc(Cl)cc1)NCC[NH+]1CCCCC1. The highest BCUT2D eigenvalue weighted by Gasteiger charge is 2.13. The van der Waals surface area contributed by atoms with Gasteiger partial charge in [-0.05, 0) is 43.5 Å². The Hall–Kier alpha value is -1.26. The molecule has 0 unspecified atom stereocenters. The third-order valence-electron chi connectivity index (χ3n) is 3.54. The molecule has 1 amide bonds. The standard InChI is InChI=1S/C15H21ClN2O2/c16-13-4-6-14(7-5-13)20-12-15(19)17-8-11-18-9-2-1-3-10-18/h4-7H,1-3,8-12H2,(H,17,19)/p+1. The molecule has 0 radical (unpaired) electrons. The van der Waals surface area contributed by atoms with Gasteiger partial charge in [-0.15, -0.1) is 0 Å². The molecule has 1 aliphatic heterocycles. The average molecular weight is 298 g/mol. The van der Waals surface area contributed by atoms with Gasteiger partial charge in [0.25, 0.3) is 5.91 Å². The summed E-state index contributed by atoms with van der Waals surface area (Å²) in [6, 6.07) is 7.00. The largest absolute Gasteiger partial charge is 0.484 e. The van der Waals surface area contributed by atoms with Gasteiger partial charge in [-0.2, -0.15) is 0 Å². The molecule has 5 heteroatoms. The lowest BCUT2D eigenvalue weighted by molar-refractivity contribution is -0.903. The van der Waals surface area contributed by atoms with E-state index < -0.39 is 0 Å². The molecule has 2 N–H and O–H groups in total. The number of likely N-dealkylation sites (tertiary alicyclic amines) is 1. The molecule has 1 aromatic rings. The van der Waals surface area contributed by atoms with Gasteiger partial charge in [0.15, 0.2) is 6.61 Å². The van der Waals surface area contributed by atoms with E-state index in [1.165, 1.54) is 32.4 Å². The van der Waals surface area contributed by atoms with Gasteiger partial charge in [-0.3, -0.25) is 4.79 Å². The summed E-state index contributed by atoms with van der Waals surface area (Å²) in [6.07, 6.45) is 3.97. The zero-order valence-electron chi connectivity index (χ0n) is 11.7. The smallest absolute Gasteiger partial charge is 0.258 e. The number of hydrogen-bond donors (Lipinski definition) is 2. The Morgan fingerprint density at radius 1 is 1.20 bits per heavy atom. The molecule has 1 saturated heterocycles. The van der Waals surface area contributed by atoms with E-state index >= 15 is 0 Å². The summed E-state index contributed by atoms with van der Waals surface area (Å²) < 4.78 is 5.39. The normalized spacial score (nSPS) is 15.8. The van der Waals surface area contributed by atoms with Crippen LogP contribution in [0.25, 0.3) is 0 Å². The molecule has 1 aromatic carbocycles. The van der Waals surface area contributed by atoms with Crippen LogP contribution in [0.1, 0.15) is 19.3 Å². The van der Waals surface area contributed by atoms with Crippen LogP contribution in [0, 0.1) is 0 Å². The topological polar surface area (TPSA) is 42.8 Å². The van der Waals surface area contributed by atoms with Crippen LogP contribution in [0.3, 0.4) is 0 Å². The van der Waals surface area contributed by atoms with Gasteiger partial charge in [0.1, 0.15) is 5.75 Å². The zero-order chi connectivity index (χ0) is 14.2. The molecule has 1 fully saturated rings. The van der Waals surface area contributed by atoms with Crippen molar-refractivity contribution >= 4 is 17.5 Å². The fourth-order valence-corrected chi connectivity index (χ4v) is 2.54. The first-order valence-electron chi connectivity index (χ1n) is 7.23. The van der Waals surface area contributed by atoms with Crippen LogP contribution >= 0.6 is 11.6 Å². The molecule has 110 valence electrons. The maximum atomic E-state index is 11.7. The van der Waals surface area contributed by atoms with Gasteiger partial charge in [-0.25, -0.2) is 0 Å². The second-order valence-electron chi connectivity index (χ2n) is 5.15. The minimum Gasteiger partial charge on any atom is -0.484 e. The number of amides is 1. The molecule has 4 nitrogen and oxygen atoms in total. The first-order chi connectivity index (χ1) is 9.74. The summed E-state index contributed by atoms with van der Waals surface area (Å²) in [6.45, 7) is 4.25. The Bertz CT molecular complexity index is 416. The van der Waals surface area contributed by atoms with E-state index in [0.29, 0.717) is 10.8 Å². The van der Waals surface area contributed by atoms with E-state index in [0.717, 1.165) is 13.1 Å². The Labute approximate surface area is 125 Å². The molecule has 0 aromatic heterocycles. The first kappa shape index (κ1) is 15.1. The molecule has 0 spiro atoms. The fraction of sp³-hybridized carbons (Fsp3) is 0.533. The molecule has 2 rings (SSSR count). The lowest BCUT2D eigenvalue weighted by Crippen LogP contribution is -3.13. The van der Waals surface area contributed by atoms with Crippen molar-refractivity contribution in [3.8, 4) is 5.75 Å². The summed E-state index contributed by atoms with van der Waals surface area (Å²) in [5, 5.41) is 3.56. The van der Waals surface area contributed by atoms with Gasteiger partial charge in [-0.1, -0.05) is 11.6 Å². The minimum atomic E-state index is -0.0728. The first-order valence-corrected chi connectivity index (χ1v) is 7.60. The van der Waals surface area contributed by atoms with Crippen molar-refractivity contribution < 1.29 is 14.4 Å². The van der Waals surface area contributed by atoms with Gasteiger partial charge >= 0.3 is 0 Å². The lowest BCUT2D eigenvalue weighted by atomic mass is 10.1. The van der Waals surface area contributed by atoms with Crippen molar-refractivity contribution in [1.29, 1.82) is 0 Å². The van der Waals surface area contributed by atoms with Gasteiger partial charge < -0.3 is 15.0 Å². The van der Waals surface area contributed by atoms with Crippen LogP contribution in [-0.4, -0.2) is 38.7 Å². The third kappa shape index (κ3) is 5.39. The number of benzene rings is 1. The van der Waals surface area contributed by atoms with Crippen LogP contribution in [0.5, 0.6) is 5.75 Å². The minimum absolute atomic E-state index is 0.0525. The monoisotopic (exact) mass is 297 g/mol. The van der Waals surface area contributed by atoms with Crippen LogP contribution in [0.2, 0.25) is 5.02 Å². The third-order valence-corrected chi connectivity index (χ3v) is 3.80. The number of nitrogens with one attached hydrogen (secondary N) is 2. The Morgan fingerprint density at radius 2 is 1.90 bits per heavy atom. The maximum Gasteiger partial charge on any atom is 0.258 e. The quantitative estimate of drug-likeness (QED) is 0.819. The van der Waals surface area contributed by atoms with Crippen molar-refractivity contribution in [2.24, 2.45) is 0 Å². The second-order valence-corrected chi connectivity index (χ2v) is 5.59. The molecule has 1 aliphatic rings. The number of carbonyl (C=O) groups excluding carboxylic acids is 1. The number of ether oxygens (including phenoxy) is 1. The summed E-state index contributed by atoms with van der Waals surface area (Å²) in [4.78, 5) is 13.2. The highest BCUT2D eigenvalue weighted by molar-refractivity contribution is 6.30. The van der Waals surface area contributed by atoms with Crippen molar-refractivity contribution in [1.82, 2.24) is 5.32 Å². The molecule has 0 bridgehead atoms. The number of rotatable bonds is 6. The number of piperidine rings is 1. The fourth-order valence-electron chi connectivity index (χ4n) is 2.41. The second kappa shape index (κ2) is 8.12.